The van der Waals surface area contributed by atoms with Crippen LogP contribution in [0.3, 0.4) is 0 Å². The van der Waals surface area contributed by atoms with E-state index in [1.807, 2.05) is 55.3 Å². The molecule has 1 aromatic carbocycles. The van der Waals surface area contributed by atoms with Crippen molar-refractivity contribution in [1.29, 1.82) is 0 Å². The zero-order valence-corrected chi connectivity index (χ0v) is 12.3. The highest BCUT2D eigenvalue weighted by Crippen LogP contribution is 2.20. The number of aromatic nitrogens is 1. The van der Waals surface area contributed by atoms with Gasteiger partial charge in [-0.05, 0) is 32.4 Å². The summed E-state index contributed by atoms with van der Waals surface area (Å²) in [5.74, 6) is 0.0992. The van der Waals surface area contributed by atoms with Gasteiger partial charge in [-0.2, -0.15) is 0 Å². The SMILES string of the molecule is CCN(C(=O)Cc1csc(C)n1)c1ccccc1C. The molecule has 0 spiro atoms. The standard InChI is InChI=1S/C15H18N2OS/c1-4-17(14-8-6-5-7-11(14)2)15(18)9-13-10-19-12(3)16-13/h5-8,10H,4,9H2,1-3H3. The summed E-state index contributed by atoms with van der Waals surface area (Å²) in [6.45, 7) is 6.65. The molecule has 0 N–H and O–H groups in total. The lowest BCUT2D eigenvalue weighted by Gasteiger charge is -2.22. The van der Waals surface area contributed by atoms with Crippen LogP contribution < -0.4 is 4.90 Å². The Labute approximate surface area is 117 Å². The summed E-state index contributed by atoms with van der Waals surface area (Å²) >= 11 is 1.58. The Morgan fingerprint density at radius 2 is 2.05 bits per heavy atom. The highest BCUT2D eigenvalue weighted by atomic mass is 32.1. The highest BCUT2D eigenvalue weighted by Gasteiger charge is 2.16. The van der Waals surface area contributed by atoms with E-state index in [1.165, 1.54) is 0 Å². The fraction of sp³-hybridized carbons (Fsp3) is 0.333. The molecule has 1 heterocycles. The molecule has 3 nitrogen and oxygen atoms in total. The fourth-order valence-corrected chi connectivity index (χ4v) is 2.70. The minimum absolute atomic E-state index is 0.0992. The molecule has 0 bridgehead atoms. The average Bonchev–Trinajstić information content (AvgIpc) is 2.78. The van der Waals surface area contributed by atoms with E-state index in [9.17, 15) is 4.79 Å². The number of para-hydroxylation sites is 1. The summed E-state index contributed by atoms with van der Waals surface area (Å²) in [6.07, 6.45) is 0.368. The number of likely N-dealkylation sites (N-methyl/N-ethyl adjacent to an activating group) is 1. The van der Waals surface area contributed by atoms with E-state index in [4.69, 9.17) is 0 Å². The summed E-state index contributed by atoms with van der Waals surface area (Å²) in [6, 6.07) is 7.97. The van der Waals surface area contributed by atoms with Gasteiger partial charge in [0.25, 0.3) is 0 Å². The lowest BCUT2D eigenvalue weighted by molar-refractivity contribution is -0.118. The van der Waals surface area contributed by atoms with Gasteiger partial charge in [0.05, 0.1) is 17.1 Å². The Morgan fingerprint density at radius 1 is 1.32 bits per heavy atom. The van der Waals surface area contributed by atoms with Crippen molar-refractivity contribution in [3.63, 3.8) is 0 Å². The summed E-state index contributed by atoms with van der Waals surface area (Å²) < 4.78 is 0. The molecule has 0 radical (unpaired) electrons. The van der Waals surface area contributed by atoms with Crippen LogP contribution in [0.25, 0.3) is 0 Å². The van der Waals surface area contributed by atoms with Crippen molar-refractivity contribution in [3.05, 3.63) is 45.9 Å². The summed E-state index contributed by atoms with van der Waals surface area (Å²) in [4.78, 5) is 18.6. The van der Waals surface area contributed by atoms with E-state index in [-0.39, 0.29) is 5.91 Å². The molecule has 4 heteroatoms. The van der Waals surface area contributed by atoms with E-state index in [0.717, 1.165) is 22.0 Å². The molecule has 100 valence electrons. The molecule has 0 aliphatic rings. The fourth-order valence-electron chi connectivity index (χ4n) is 2.09. The number of carbonyl (C=O) groups is 1. The number of aryl methyl sites for hydroxylation is 2. The van der Waals surface area contributed by atoms with Gasteiger partial charge in [-0.3, -0.25) is 4.79 Å². The van der Waals surface area contributed by atoms with Crippen molar-refractivity contribution < 1.29 is 4.79 Å². The van der Waals surface area contributed by atoms with E-state index in [2.05, 4.69) is 4.98 Å². The maximum Gasteiger partial charge on any atom is 0.233 e. The molecule has 0 saturated heterocycles. The minimum atomic E-state index is 0.0992. The molecule has 1 amide bonds. The van der Waals surface area contributed by atoms with Gasteiger partial charge in [0.1, 0.15) is 0 Å². The number of rotatable bonds is 4. The second-order valence-electron chi connectivity index (χ2n) is 4.46. The Bertz CT molecular complexity index is 577. The van der Waals surface area contributed by atoms with Crippen LogP contribution in [0.4, 0.5) is 5.69 Å². The van der Waals surface area contributed by atoms with E-state index < -0.39 is 0 Å². The molecule has 2 aromatic rings. The van der Waals surface area contributed by atoms with Crippen molar-refractivity contribution in [2.24, 2.45) is 0 Å². The second-order valence-corrected chi connectivity index (χ2v) is 5.52. The molecule has 0 aliphatic carbocycles. The van der Waals surface area contributed by atoms with Crippen LogP contribution in [-0.4, -0.2) is 17.4 Å². The van der Waals surface area contributed by atoms with Gasteiger partial charge < -0.3 is 4.90 Å². The van der Waals surface area contributed by atoms with Crippen LogP contribution in [0, 0.1) is 13.8 Å². The van der Waals surface area contributed by atoms with E-state index in [0.29, 0.717) is 13.0 Å². The average molecular weight is 274 g/mol. The number of hydrogen-bond acceptors (Lipinski definition) is 3. The van der Waals surface area contributed by atoms with E-state index >= 15 is 0 Å². The van der Waals surface area contributed by atoms with Crippen LogP contribution in [0.1, 0.15) is 23.2 Å². The number of nitrogens with zero attached hydrogens (tertiary/aromatic N) is 2. The molecule has 0 atom stereocenters. The quantitative estimate of drug-likeness (QED) is 0.856. The Hall–Kier alpha value is -1.68. The number of amides is 1. The number of thiazole rings is 1. The van der Waals surface area contributed by atoms with Crippen molar-refractivity contribution in [2.75, 3.05) is 11.4 Å². The highest BCUT2D eigenvalue weighted by molar-refractivity contribution is 7.09. The van der Waals surface area contributed by atoms with Crippen LogP contribution in [0.15, 0.2) is 29.6 Å². The normalized spacial score (nSPS) is 10.5. The maximum atomic E-state index is 12.4. The topological polar surface area (TPSA) is 33.2 Å². The van der Waals surface area contributed by atoms with Crippen molar-refractivity contribution in [3.8, 4) is 0 Å². The van der Waals surface area contributed by atoms with Gasteiger partial charge >= 0.3 is 0 Å². The summed E-state index contributed by atoms with van der Waals surface area (Å²) in [5, 5.41) is 2.96. The molecule has 0 saturated carbocycles. The third-order valence-electron chi connectivity index (χ3n) is 3.02. The Morgan fingerprint density at radius 3 is 2.63 bits per heavy atom. The van der Waals surface area contributed by atoms with Gasteiger partial charge in [-0.1, -0.05) is 18.2 Å². The number of hydrogen-bond donors (Lipinski definition) is 0. The van der Waals surface area contributed by atoms with Crippen molar-refractivity contribution in [1.82, 2.24) is 4.98 Å². The van der Waals surface area contributed by atoms with Crippen molar-refractivity contribution >= 4 is 22.9 Å². The number of carbonyl (C=O) groups excluding carboxylic acids is 1. The van der Waals surface area contributed by atoms with Crippen LogP contribution >= 0.6 is 11.3 Å². The van der Waals surface area contributed by atoms with Gasteiger partial charge in [-0.15, -0.1) is 11.3 Å². The van der Waals surface area contributed by atoms with Gasteiger partial charge in [-0.25, -0.2) is 4.98 Å². The predicted octanol–water partition coefficient (Wildman–Crippen LogP) is 3.36. The van der Waals surface area contributed by atoms with Gasteiger partial charge in [0.15, 0.2) is 0 Å². The lowest BCUT2D eigenvalue weighted by atomic mass is 10.1. The van der Waals surface area contributed by atoms with Gasteiger partial charge in [0.2, 0.25) is 5.91 Å². The monoisotopic (exact) mass is 274 g/mol. The van der Waals surface area contributed by atoms with Crippen LogP contribution in [0.2, 0.25) is 0 Å². The lowest BCUT2D eigenvalue weighted by Crippen LogP contribution is -2.32. The van der Waals surface area contributed by atoms with Gasteiger partial charge in [0, 0.05) is 17.6 Å². The van der Waals surface area contributed by atoms with E-state index in [1.54, 1.807) is 11.3 Å². The van der Waals surface area contributed by atoms with Crippen LogP contribution in [0.5, 0.6) is 0 Å². The smallest absolute Gasteiger partial charge is 0.233 e. The first-order valence-corrected chi connectivity index (χ1v) is 7.26. The van der Waals surface area contributed by atoms with Crippen molar-refractivity contribution in [2.45, 2.75) is 27.2 Å². The first kappa shape index (κ1) is 13.7. The molecule has 0 fully saturated rings. The largest absolute Gasteiger partial charge is 0.312 e. The maximum absolute atomic E-state index is 12.4. The molecule has 2 rings (SSSR count). The molecular formula is C15H18N2OS. The zero-order chi connectivity index (χ0) is 13.8. The first-order valence-electron chi connectivity index (χ1n) is 6.38. The molecular weight excluding hydrogens is 256 g/mol. The number of anilines is 1. The first-order chi connectivity index (χ1) is 9.11. The zero-order valence-electron chi connectivity index (χ0n) is 11.5. The Balaban J connectivity index is 2.18. The second kappa shape index (κ2) is 5.97. The molecule has 19 heavy (non-hydrogen) atoms. The minimum Gasteiger partial charge on any atom is -0.312 e. The molecule has 0 aliphatic heterocycles. The predicted molar refractivity (Wildman–Crippen MR) is 79.8 cm³/mol. The third-order valence-corrected chi connectivity index (χ3v) is 3.84. The number of benzene rings is 1. The summed E-state index contributed by atoms with van der Waals surface area (Å²) in [5.41, 5.74) is 2.97. The third kappa shape index (κ3) is 3.20. The molecule has 1 aromatic heterocycles. The summed E-state index contributed by atoms with van der Waals surface area (Å²) in [7, 11) is 0. The van der Waals surface area contributed by atoms with Crippen LogP contribution in [-0.2, 0) is 11.2 Å². The Kier molecular flexibility index (Phi) is 4.32. The molecule has 0 unspecified atom stereocenters.